The number of benzene rings is 11. The number of aryl methyl sites for hydroxylation is 2. The molecule has 0 saturated heterocycles. The highest BCUT2D eigenvalue weighted by Gasteiger charge is 2.56. The largest absolute Gasteiger partial charge is 0.311 e. The Labute approximate surface area is 427 Å². The molecule has 4 heterocycles. The third-order valence-corrected chi connectivity index (χ3v) is 26.0. The fraction of sp³-hybridized carbons (Fsp3) is 0.0294. The third-order valence-electron chi connectivity index (χ3n) is 16.3. The van der Waals surface area contributed by atoms with Crippen LogP contribution in [0.5, 0.6) is 0 Å². The Morgan fingerprint density at radius 1 is 0.274 bits per heavy atom. The van der Waals surface area contributed by atoms with Gasteiger partial charge in [0.2, 0.25) is 0 Å². The molecule has 2 aromatic heterocycles. The van der Waals surface area contributed by atoms with Crippen LogP contribution < -0.4 is 46.4 Å². The van der Waals surface area contributed by atoms with Crippen LogP contribution in [-0.2, 0) is 0 Å². The molecule has 2 aliphatic rings. The number of anilines is 3. The Morgan fingerprint density at radius 3 is 1.22 bits per heavy atom. The topological polar surface area (TPSA) is 13.1 Å². The van der Waals surface area contributed by atoms with Gasteiger partial charge in [-0.3, -0.25) is 0 Å². The van der Waals surface area contributed by atoms with Gasteiger partial charge in [0.25, 0.3) is 0 Å². The van der Waals surface area contributed by atoms with E-state index in [4.69, 9.17) is 0 Å². The average molecular weight is 964 g/mol. The molecule has 15 rings (SSSR count). The first-order valence-electron chi connectivity index (χ1n) is 25.5. The van der Waals surface area contributed by atoms with Crippen LogP contribution in [0.15, 0.2) is 261 Å². The van der Waals surface area contributed by atoms with Crippen molar-refractivity contribution in [3.05, 3.63) is 272 Å². The van der Waals surface area contributed by atoms with Crippen molar-refractivity contribution in [3.8, 4) is 11.4 Å². The summed E-state index contributed by atoms with van der Waals surface area (Å²) in [6.07, 6.45) is 0. The molecule has 0 aliphatic carbocycles. The van der Waals surface area contributed by atoms with Gasteiger partial charge in [0.15, 0.2) is 16.1 Å². The summed E-state index contributed by atoms with van der Waals surface area (Å²) in [5, 5.41) is 16.3. The number of fused-ring (bicyclic) bond motifs is 10. The quantitative estimate of drug-likeness (QED) is 0.151. The molecule has 0 spiro atoms. The second kappa shape index (κ2) is 15.9. The Bertz CT molecular complexity index is 4200. The van der Waals surface area contributed by atoms with Gasteiger partial charge in [-0.2, -0.15) is 0 Å². The van der Waals surface area contributed by atoms with Crippen molar-refractivity contribution in [2.75, 3.05) is 4.90 Å². The molecule has 0 amide bonds. The minimum Gasteiger partial charge on any atom is -0.311 e. The highest BCUT2D eigenvalue weighted by molar-refractivity contribution is 7.24. The minimum absolute atomic E-state index is 1.14. The summed E-state index contributed by atoms with van der Waals surface area (Å²) in [4.78, 5) is 2.69. The van der Waals surface area contributed by atoms with Crippen LogP contribution in [0.3, 0.4) is 0 Å². The van der Waals surface area contributed by atoms with Gasteiger partial charge in [-0.25, -0.2) is 0 Å². The van der Waals surface area contributed by atoms with Crippen LogP contribution >= 0.6 is 0 Å². The Balaban J connectivity index is 1.04. The number of aromatic nitrogens is 2. The lowest BCUT2D eigenvalue weighted by Gasteiger charge is -2.52. The van der Waals surface area contributed by atoms with Crippen molar-refractivity contribution in [3.63, 3.8) is 0 Å². The van der Waals surface area contributed by atoms with E-state index in [1.807, 2.05) is 0 Å². The Morgan fingerprint density at radius 2 is 0.671 bits per heavy atom. The summed E-state index contributed by atoms with van der Waals surface area (Å²) in [5.41, 5.74) is 13.5. The summed E-state index contributed by atoms with van der Waals surface area (Å²) in [6.45, 7) is 4.38. The Kier molecular flexibility index (Phi) is 9.13. The Hall–Kier alpha value is -8.75. The predicted molar refractivity (Wildman–Crippen MR) is 314 cm³/mol. The summed E-state index contributed by atoms with van der Waals surface area (Å²) >= 11 is 0. The first-order chi connectivity index (χ1) is 36.0. The lowest BCUT2D eigenvalue weighted by Crippen LogP contribution is -2.82. The zero-order valence-electron chi connectivity index (χ0n) is 40.7. The monoisotopic (exact) mass is 963 g/mol. The van der Waals surface area contributed by atoms with Gasteiger partial charge in [-0.05, 0) is 122 Å². The highest BCUT2D eigenvalue weighted by atomic mass is 28.3. The van der Waals surface area contributed by atoms with Crippen molar-refractivity contribution in [1.82, 2.24) is 9.13 Å². The summed E-state index contributed by atoms with van der Waals surface area (Å²) in [7, 11) is -6.01. The van der Waals surface area contributed by atoms with E-state index < -0.39 is 16.1 Å². The highest BCUT2D eigenvalue weighted by Crippen LogP contribution is 2.44. The molecule has 0 N–H and O–H groups in total. The van der Waals surface area contributed by atoms with E-state index in [9.17, 15) is 0 Å². The van der Waals surface area contributed by atoms with Gasteiger partial charge in [0.05, 0.1) is 22.1 Å². The molecule has 0 bridgehead atoms. The maximum absolute atomic E-state index is 3.05. The number of hydrogen-bond donors (Lipinski definition) is 0. The molecule has 344 valence electrons. The maximum Gasteiger partial charge on any atom is 0.184 e. The van der Waals surface area contributed by atoms with Crippen LogP contribution in [0.1, 0.15) is 11.1 Å². The van der Waals surface area contributed by atoms with Crippen LogP contribution in [0, 0.1) is 13.8 Å². The van der Waals surface area contributed by atoms with E-state index in [0.29, 0.717) is 0 Å². The lowest BCUT2D eigenvalue weighted by atomic mass is 10.1. The molecule has 5 heteroatoms. The molecule has 13 aromatic rings. The number of hydrogen-bond acceptors (Lipinski definition) is 1. The molecule has 0 radical (unpaired) electrons. The van der Waals surface area contributed by atoms with Crippen LogP contribution in [0.4, 0.5) is 17.1 Å². The molecule has 0 atom stereocenters. The molecule has 2 aliphatic heterocycles. The first kappa shape index (κ1) is 42.0. The first-order valence-corrected chi connectivity index (χ1v) is 29.5. The standard InChI is InChI=1S/C68H49N3Si2/c1-46-34-38-59-55(42-46)56-43-47(2)35-39-60(56)69(59)48-36-40-61-57(44-48)54-28-15-16-29-58(54)70(61)49-37-41-65-63(45-49)71-62-30-17-18-31-64(62)72(50-20-7-3-8-21-50,51-22-9-4-10-23-51)66-32-19-33-67(68(66)71)73(65,52-24-11-5-12-25-52)53-26-13-6-14-27-53/h3-45H,1-2H3. The molecule has 0 unspecified atom stereocenters. The number of rotatable bonds is 6. The SMILES string of the molecule is Cc1ccc2c(c1)c1cc(C)ccc1n2-c1ccc2c(c1)c1ccccc1n2-c1ccc2c(c1)N1c3ccccc3[Si](c3ccccc3)(c3ccccc3)c3cccc(c31)[Si]2(c1ccccc1)c1ccccc1. The van der Waals surface area contributed by atoms with Crippen molar-refractivity contribution in [2.45, 2.75) is 13.8 Å². The zero-order valence-corrected chi connectivity index (χ0v) is 42.7. The van der Waals surface area contributed by atoms with Gasteiger partial charge >= 0.3 is 0 Å². The zero-order chi connectivity index (χ0) is 48.4. The van der Waals surface area contributed by atoms with E-state index in [1.165, 1.54) is 113 Å². The smallest absolute Gasteiger partial charge is 0.184 e. The second-order valence-electron chi connectivity index (χ2n) is 20.2. The predicted octanol–water partition coefficient (Wildman–Crippen LogP) is 11.3. The van der Waals surface area contributed by atoms with Crippen molar-refractivity contribution >= 4 is 118 Å². The number of nitrogens with zero attached hydrogens (tertiary/aromatic N) is 3. The summed E-state index contributed by atoms with van der Waals surface area (Å²) < 4.78 is 4.98. The molecular weight excluding hydrogens is 915 g/mol. The van der Waals surface area contributed by atoms with E-state index in [0.717, 1.165) is 11.4 Å². The van der Waals surface area contributed by atoms with Gasteiger partial charge < -0.3 is 14.0 Å². The summed E-state index contributed by atoms with van der Waals surface area (Å²) in [5.74, 6) is 0. The third kappa shape index (κ3) is 5.74. The van der Waals surface area contributed by atoms with E-state index >= 15 is 0 Å². The van der Waals surface area contributed by atoms with Crippen LogP contribution in [-0.4, -0.2) is 25.3 Å². The van der Waals surface area contributed by atoms with Gasteiger partial charge in [0, 0.05) is 50.0 Å². The second-order valence-corrected chi connectivity index (χ2v) is 27.6. The number of para-hydroxylation sites is 3. The molecule has 73 heavy (non-hydrogen) atoms. The maximum atomic E-state index is 2.69. The van der Waals surface area contributed by atoms with E-state index in [1.54, 1.807) is 0 Å². The van der Waals surface area contributed by atoms with Crippen LogP contribution in [0.2, 0.25) is 0 Å². The van der Waals surface area contributed by atoms with Crippen LogP contribution in [0.25, 0.3) is 55.0 Å². The minimum atomic E-state index is -3.05. The van der Waals surface area contributed by atoms with Gasteiger partial charge in [0.1, 0.15) is 0 Å². The normalized spacial score (nSPS) is 14.1. The van der Waals surface area contributed by atoms with Crippen molar-refractivity contribution in [1.29, 1.82) is 0 Å². The lowest BCUT2D eigenvalue weighted by molar-refractivity contribution is 1.16. The van der Waals surface area contributed by atoms with Crippen molar-refractivity contribution < 1.29 is 0 Å². The molecule has 0 fully saturated rings. The molecule has 3 nitrogen and oxygen atoms in total. The van der Waals surface area contributed by atoms with Gasteiger partial charge in [-0.15, -0.1) is 0 Å². The molecular formula is C68H49N3Si2. The molecule has 0 saturated carbocycles. The average Bonchev–Trinajstić information content (AvgIpc) is 4.02. The van der Waals surface area contributed by atoms with Gasteiger partial charge in [-0.1, -0.05) is 205 Å². The molecule has 11 aromatic carbocycles. The summed E-state index contributed by atoms with van der Waals surface area (Å²) in [6, 6.07) is 99.9. The van der Waals surface area contributed by atoms with E-state index in [-0.39, 0.29) is 0 Å². The fourth-order valence-corrected chi connectivity index (χ4v) is 23.8. The fourth-order valence-electron chi connectivity index (χ4n) is 13.4. The van der Waals surface area contributed by atoms with Crippen molar-refractivity contribution in [2.24, 2.45) is 0 Å². The van der Waals surface area contributed by atoms with E-state index in [2.05, 4.69) is 289 Å².